The summed E-state index contributed by atoms with van der Waals surface area (Å²) in [6.45, 7) is 0. The molecule has 0 amide bonds. The molecule has 5 heteroatoms. The minimum Gasteiger partial charge on any atom is -0.411 e. The van der Waals surface area contributed by atoms with Crippen LogP contribution in [-0.4, -0.2) is 16.4 Å². The van der Waals surface area contributed by atoms with Crippen molar-refractivity contribution in [1.29, 1.82) is 5.26 Å². The highest BCUT2D eigenvalue weighted by Gasteiger charge is 2.01. The van der Waals surface area contributed by atoms with Gasteiger partial charge in [-0.2, -0.15) is 5.26 Å². The number of halogens is 1. The van der Waals surface area contributed by atoms with Gasteiger partial charge in [-0.25, -0.2) is 9.37 Å². The smallest absolute Gasteiger partial charge is 0.150 e. The van der Waals surface area contributed by atoms with Crippen LogP contribution in [0.5, 0.6) is 0 Å². The molecule has 0 unspecified atom stereocenters. The van der Waals surface area contributed by atoms with E-state index in [4.69, 9.17) is 10.5 Å². The Morgan fingerprint density at radius 1 is 1.10 bits per heavy atom. The number of hydrogen-bond acceptors (Lipinski definition) is 4. The number of aromatic nitrogens is 1. The second-order valence-electron chi connectivity index (χ2n) is 3.75. The number of benzene rings is 1. The highest BCUT2D eigenvalue weighted by molar-refractivity contribution is 5.76. The summed E-state index contributed by atoms with van der Waals surface area (Å²) < 4.78 is 13.3. The van der Waals surface area contributed by atoms with Crippen LogP contribution < -0.4 is 0 Å². The molecule has 0 aliphatic heterocycles. The molecule has 1 N–H and O–H groups in total. The minimum absolute atomic E-state index is 0.0841. The molecular weight excluding hydrogens is 257 g/mol. The zero-order valence-electron chi connectivity index (χ0n) is 10.2. The Labute approximate surface area is 114 Å². The number of oxime groups is 1. The molecule has 20 heavy (non-hydrogen) atoms. The SMILES string of the molecule is N#Cc1ccc(C#Cc2ccc(F)c(C=NO)n2)cc1. The van der Waals surface area contributed by atoms with Crippen LogP contribution in [0.2, 0.25) is 0 Å². The van der Waals surface area contributed by atoms with E-state index in [9.17, 15) is 4.39 Å². The monoisotopic (exact) mass is 265 g/mol. The van der Waals surface area contributed by atoms with Crippen molar-refractivity contribution in [3.05, 3.63) is 64.7 Å². The number of nitrogens with zero attached hydrogens (tertiary/aromatic N) is 3. The molecule has 1 heterocycles. The van der Waals surface area contributed by atoms with Crippen LogP contribution in [-0.2, 0) is 0 Å². The lowest BCUT2D eigenvalue weighted by molar-refractivity contribution is 0.321. The maximum atomic E-state index is 13.3. The fraction of sp³-hybridized carbons (Fsp3) is 0. The highest BCUT2D eigenvalue weighted by atomic mass is 19.1. The molecule has 0 bridgehead atoms. The number of pyridine rings is 1. The third-order valence-corrected chi connectivity index (χ3v) is 2.40. The van der Waals surface area contributed by atoms with Gasteiger partial charge in [-0.05, 0) is 42.3 Å². The summed E-state index contributed by atoms with van der Waals surface area (Å²) in [7, 11) is 0. The van der Waals surface area contributed by atoms with Crippen LogP contribution in [0.1, 0.15) is 22.5 Å². The van der Waals surface area contributed by atoms with Crippen molar-refractivity contribution in [1.82, 2.24) is 4.98 Å². The van der Waals surface area contributed by atoms with Crippen molar-refractivity contribution in [2.45, 2.75) is 0 Å². The Kier molecular flexibility index (Phi) is 4.06. The van der Waals surface area contributed by atoms with Gasteiger partial charge >= 0.3 is 0 Å². The second-order valence-corrected chi connectivity index (χ2v) is 3.75. The molecule has 1 aromatic heterocycles. The van der Waals surface area contributed by atoms with E-state index in [-0.39, 0.29) is 5.69 Å². The largest absolute Gasteiger partial charge is 0.411 e. The zero-order chi connectivity index (χ0) is 14.4. The van der Waals surface area contributed by atoms with Gasteiger partial charge in [-0.3, -0.25) is 0 Å². The van der Waals surface area contributed by atoms with Crippen molar-refractivity contribution in [2.24, 2.45) is 5.16 Å². The topological polar surface area (TPSA) is 69.3 Å². The van der Waals surface area contributed by atoms with Crippen LogP contribution in [0.4, 0.5) is 4.39 Å². The van der Waals surface area contributed by atoms with Gasteiger partial charge in [0.1, 0.15) is 11.4 Å². The van der Waals surface area contributed by atoms with Gasteiger partial charge < -0.3 is 5.21 Å². The van der Waals surface area contributed by atoms with Crippen LogP contribution in [0.15, 0.2) is 41.6 Å². The molecule has 0 fully saturated rings. The zero-order valence-corrected chi connectivity index (χ0v) is 10.2. The summed E-state index contributed by atoms with van der Waals surface area (Å²) in [5.41, 5.74) is 1.54. The molecule has 1 aromatic carbocycles. The van der Waals surface area contributed by atoms with E-state index in [0.29, 0.717) is 16.8 Å². The molecule has 4 nitrogen and oxygen atoms in total. The molecule has 0 spiro atoms. The maximum absolute atomic E-state index is 13.3. The standard InChI is InChI=1S/C15H8FN3O/c16-14-8-7-13(19-15(14)10-18-20)6-5-11-1-3-12(9-17)4-2-11/h1-4,7-8,10,20H. The third kappa shape index (κ3) is 3.18. The summed E-state index contributed by atoms with van der Waals surface area (Å²) in [4.78, 5) is 3.90. The van der Waals surface area contributed by atoms with Gasteiger partial charge in [0, 0.05) is 5.56 Å². The summed E-state index contributed by atoms with van der Waals surface area (Å²) in [5.74, 6) is 5.03. The quantitative estimate of drug-likeness (QED) is 0.372. The summed E-state index contributed by atoms with van der Waals surface area (Å²) in [6, 6.07) is 11.4. The van der Waals surface area contributed by atoms with Crippen molar-refractivity contribution in [3.8, 4) is 17.9 Å². The van der Waals surface area contributed by atoms with Gasteiger partial charge in [0.25, 0.3) is 0 Å². The molecule has 0 saturated heterocycles. The average Bonchev–Trinajstić information content (AvgIpc) is 2.49. The van der Waals surface area contributed by atoms with Gasteiger partial charge in [-0.1, -0.05) is 11.1 Å². The maximum Gasteiger partial charge on any atom is 0.150 e. The first-order valence-electron chi connectivity index (χ1n) is 5.59. The van der Waals surface area contributed by atoms with E-state index in [1.807, 2.05) is 6.07 Å². The van der Waals surface area contributed by atoms with Crippen molar-refractivity contribution in [3.63, 3.8) is 0 Å². The number of rotatable bonds is 1. The van der Waals surface area contributed by atoms with E-state index in [0.717, 1.165) is 6.21 Å². The first-order valence-corrected chi connectivity index (χ1v) is 5.59. The van der Waals surface area contributed by atoms with Crippen molar-refractivity contribution in [2.75, 3.05) is 0 Å². The fourth-order valence-corrected chi connectivity index (χ4v) is 1.44. The van der Waals surface area contributed by atoms with Crippen LogP contribution in [0, 0.1) is 29.0 Å². The predicted octanol–water partition coefficient (Wildman–Crippen LogP) is 2.30. The van der Waals surface area contributed by atoms with E-state index in [2.05, 4.69) is 22.0 Å². The molecule has 96 valence electrons. The molecule has 0 atom stereocenters. The Bertz CT molecular complexity index is 749. The first kappa shape index (κ1) is 13.3. The minimum atomic E-state index is -0.591. The lowest BCUT2D eigenvalue weighted by Crippen LogP contribution is -1.95. The first-order chi connectivity index (χ1) is 9.72. The Morgan fingerprint density at radius 3 is 2.45 bits per heavy atom. The van der Waals surface area contributed by atoms with E-state index >= 15 is 0 Å². The summed E-state index contributed by atoms with van der Waals surface area (Å²) in [5, 5.41) is 19.8. The van der Waals surface area contributed by atoms with Crippen molar-refractivity contribution < 1.29 is 9.60 Å². The Balaban J connectivity index is 2.28. The molecule has 0 saturated carbocycles. The van der Waals surface area contributed by atoms with Crippen LogP contribution in [0.25, 0.3) is 0 Å². The predicted molar refractivity (Wildman–Crippen MR) is 70.7 cm³/mol. The van der Waals surface area contributed by atoms with Crippen molar-refractivity contribution >= 4 is 6.21 Å². The van der Waals surface area contributed by atoms with Gasteiger partial charge in [-0.15, -0.1) is 0 Å². The summed E-state index contributed by atoms with van der Waals surface area (Å²) >= 11 is 0. The molecular formula is C15H8FN3O. The second kappa shape index (κ2) is 6.12. The Hall–Kier alpha value is -3.18. The lowest BCUT2D eigenvalue weighted by atomic mass is 10.1. The van der Waals surface area contributed by atoms with Gasteiger partial charge in [0.15, 0.2) is 5.82 Å². The molecule has 2 aromatic rings. The van der Waals surface area contributed by atoms with E-state index < -0.39 is 5.82 Å². The number of nitriles is 1. The highest BCUT2D eigenvalue weighted by Crippen LogP contribution is 2.05. The van der Waals surface area contributed by atoms with Crippen LogP contribution >= 0.6 is 0 Å². The van der Waals surface area contributed by atoms with Crippen LogP contribution in [0.3, 0.4) is 0 Å². The summed E-state index contributed by atoms with van der Waals surface area (Å²) in [6.07, 6.45) is 0.905. The fourth-order valence-electron chi connectivity index (χ4n) is 1.44. The van der Waals surface area contributed by atoms with E-state index in [1.165, 1.54) is 12.1 Å². The molecule has 0 aliphatic rings. The third-order valence-electron chi connectivity index (χ3n) is 2.40. The normalized spacial score (nSPS) is 9.80. The van der Waals surface area contributed by atoms with E-state index in [1.54, 1.807) is 24.3 Å². The Morgan fingerprint density at radius 2 is 1.80 bits per heavy atom. The molecule has 0 radical (unpaired) electrons. The number of hydrogen-bond donors (Lipinski definition) is 1. The molecule has 2 rings (SSSR count). The van der Waals surface area contributed by atoms with Gasteiger partial charge in [0.05, 0.1) is 17.8 Å². The molecule has 0 aliphatic carbocycles. The van der Waals surface area contributed by atoms with Gasteiger partial charge in [0.2, 0.25) is 0 Å². The lowest BCUT2D eigenvalue weighted by Gasteiger charge is -1.95. The average molecular weight is 265 g/mol.